The van der Waals surface area contributed by atoms with E-state index in [9.17, 15) is 29.0 Å². The smallest absolute Gasteiger partial charge is 0.310 e. The van der Waals surface area contributed by atoms with Crippen molar-refractivity contribution in [2.45, 2.75) is 82.1 Å². The van der Waals surface area contributed by atoms with Crippen LogP contribution in [-0.4, -0.2) is 44.6 Å². The second-order valence-corrected chi connectivity index (χ2v) is 14.4. The minimum absolute atomic E-state index is 0.0446. The highest BCUT2D eigenvalue weighted by Gasteiger charge is 2.65. The van der Waals surface area contributed by atoms with E-state index in [0.29, 0.717) is 62.0 Å². The molecule has 250 valence electrons. The molecule has 1 N–H and O–H groups in total. The number of fused-ring (bicyclic) bond motifs is 1. The Kier molecular flexibility index (Phi) is 10.7. The van der Waals surface area contributed by atoms with Gasteiger partial charge in [-0.15, -0.1) is 0 Å². The van der Waals surface area contributed by atoms with Crippen LogP contribution in [0.3, 0.4) is 0 Å². The van der Waals surface area contributed by atoms with Crippen LogP contribution >= 0.6 is 10.2 Å². The second-order valence-electron chi connectivity index (χ2n) is 12.0. The third-order valence-electron chi connectivity index (χ3n) is 8.66. The van der Waals surface area contributed by atoms with E-state index in [-0.39, 0.29) is 29.2 Å². The molecule has 4 rings (SSSR count). The van der Waals surface area contributed by atoms with Gasteiger partial charge in [0, 0.05) is 30.4 Å². The largest absolute Gasteiger partial charge is 0.492 e. The minimum Gasteiger partial charge on any atom is -0.492 e. The van der Waals surface area contributed by atoms with Crippen LogP contribution in [0.25, 0.3) is 6.08 Å². The number of ether oxygens (including phenoxy) is 2. The molecule has 3 atom stereocenters. The predicted octanol–water partition coefficient (Wildman–Crippen LogP) is 7.93. The lowest BCUT2D eigenvalue weighted by Crippen LogP contribution is -2.36. The number of carbonyl (C=O) groups is 2. The van der Waals surface area contributed by atoms with Crippen molar-refractivity contribution >= 4 is 28.0 Å². The maximum Gasteiger partial charge on any atom is 0.310 e. The fraction of sp³-hybridized carbons (Fsp3) is 0.545. The molecule has 0 spiro atoms. The molecule has 45 heavy (non-hydrogen) atoms. The number of amides is 1. The van der Waals surface area contributed by atoms with Gasteiger partial charge in [-0.25, -0.2) is 0 Å². The first kappa shape index (κ1) is 34.9. The predicted molar refractivity (Wildman–Crippen MR) is 166 cm³/mol. The molecule has 12 heteroatoms. The summed E-state index contributed by atoms with van der Waals surface area (Å²) in [6.07, 6.45) is 10.6. The van der Waals surface area contributed by atoms with Crippen LogP contribution in [0.1, 0.15) is 91.8 Å². The summed E-state index contributed by atoms with van der Waals surface area (Å²) in [4.78, 5) is 28.8. The highest BCUT2D eigenvalue weighted by Crippen LogP contribution is 3.02. The van der Waals surface area contributed by atoms with Crippen LogP contribution in [0.2, 0.25) is 0 Å². The van der Waals surface area contributed by atoms with E-state index in [0.717, 1.165) is 74.1 Å². The van der Waals surface area contributed by atoms with Gasteiger partial charge < -0.3 is 14.8 Å². The molecule has 6 nitrogen and oxygen atoms in total. The maximum absolute atomic E-state index is 13.1. The van der Waals surface area contributed by atoms with Crippen LogP contribution in [0.4, 0.5) is 19.4 Å². The summed E-state index contributed by atoms with van der Waals surface area (Å²) < 4.78 is 76.3. The van der Waals surface area contributed by atoms with Crippen LogP contribution in [0.5, 0.6) is 5.75 Å². The Labute approximate surface area is 261 Å². The van der Waals surface area contributed by atoms with E-state index in [4.69, 9.17) is 14.5 Å². The lowest BCUT2D eigenvalue weighted by Gasteiger charge is -2.40. The minimum atomic E-state index is -9.77. The number of rotatable bonds is 12. The Hall–Kier alpha value is -2.99. The Bertz CT molecular complexity index is 1480. The molecule has 1 aliphatic heterocycles. The van der Waals surface area contributed by atoms with E-state index >= 15 is 0 Å². The molecular weight excluding hydrogens is 615 g/mol. The van der Waals surface area contributed by atoms with Crippen molar-refractivity contribution in [3.63, 3.8) is 0 Å². The van der Waals surface area contributed by atoms with Gasteiger partial charge in [-0.3, -0.25) is 14.6 Å². The second kappa shape index (κ2) is 13.8. The zero-order valence-corrected chi connectivity index (χ0v) is 26.7. The van der Waals surface area contributed by atoms with E-state index in [1.807, 2.05) is 13.0 Å². The number of Topliss-reactive ketones (excluding diaryl/α,β-unsaturated/α-hetero) is 1. The number of ketones is 1. The van der Waals surface area contributed by atoms with Gasteiger partial charge in [0.2, 0.25) is 0 Å². The van der Waals surface area contributed by atoms with E-state index in [1.165, 1.54) is 0 Å². The molecule has 1 aliphatic carbocycles. The number of benzene rings is 2. The average molecular weight is 659 g/mol. The highest BCUT2D eigenvalue weighted by atomic mass is 32.5. The molecule has 1 saturated carbocycles. The topological polar surface area (TPSA) is 77.0 Å². The van der Waals surface area contributed by atoms with Crippen molar-refractivity contribution in [2.75, 3.05) is 26.9 Å². The summed E-state index contributed by atoms with van der Waals surface area (Å²) in [6.45, 7) is 3.11. The lowest BCUT2D eigenvalue weighted by molar-refractivity contribution is 0.0901. The molecule has 0 radical (unpaired) electrons. The number of methoxy groups -OCH3 is 1. The molecule has 2 aromatic carbocycles. The van der Waals surface area contributed by atoms with Crippen molar-refractivity contribution in [3.05, 3.63) is 58.1 Å². The third-order valence-corrected chi connectivity index (χ3v) is 9.82. The summed E-state index contributed by atoms with van der Waals surface area (Å²) >= 11 is 0. The van der Waals surface area contributed by atoms with Crippen molar-refractivity contribution in [1.82, 2.24) is 5.32 Å². The zero-order valence-electron chi connectivity index (χ0n) is 25.8. The van der Waals surface area contributed by atoms with Gasteiger partial charge in [-0.2, -0.15) is 0 Å². The third kappa shape index (κ3) is 9.51. The SMILES string of the molecule is CCOc1c(C(=O)NCCOC)ccc2c1=CCC(CCC1CCCCC(C(=O)c3ccc(S(F)(F)(F)(F)F)cc3)CCC1)N=2. The maximum atomic E-state index is 13.1. The summed E-state index contributed by atoms with van der Waals surface area (Å²) in [6, 6.07) is 6.14. The summed E-state index contributed by atoms with van der Waals surface area (Å²) in [5.41, 5.74) is 0.517. The molecule has 1 fully saturated rings. The Balaban J connectivity index is 1.34. The Morgan fingerprint density at radius 3 is 2.31 bits per heavy atom. The van der Waals surface area contributed by atoms with Crippen LogP contribution in [0, 0.1) is 11.8 Å². The van der Waals surface area contributed by atoms with Crippen molar-refractivity contribution in [1.29, 1.82) is 0 Å². The number of carbonyl (C=O) groups excluding carboxylic acids is 2. The summed E-state index contributed by atoms with van der Waals surface area (Å²) in [5, 5.41) is 4.50. The van der Waals surface area contributed by atoms with E-state index in [1.54, 1.807) is 13.2 Å². The molecule has 1 heterocycles. The highest BCUT2D eigenvalue weighted by molar-refractivity contribution is 8.45. The molecule has 0 saturated heterocycles. The first-order valence-corrected chi connectivity index (χ1v) is 17.6. The standard InChI is InChI=1S/C33H43F5N2O4S/c1-3-44-32-28-18-15-26(40-30(28)20-19-29(32)33(42)39-21-22-43-2)14-11-23-7-4-5-9-24(10-6-8-23)31(41)25-12-16-27(17-13-25)45(34,35,36,37)38/h12-13,16-20,23-24,26H,3-11,14-15,21-22H2,1-2H3,(H,39,42). The first-order chi connectivity index (χ1) is 21.2. The number of nitrogens with zero attached hydrogens (tertiary/aromatic N) is 1. The Morgan fingerprint density at radius 2 is 1.62 bits per heavy atom. The van der Waals surface area contributed by atoms with Crippen LogP contribution in [-0.2, 0) is 4.74 Å². The molecule has 1 amide bonds. The summed E-state index contributed by atoms with van der Waals surface area (Å²) in [5.74, 6) is 0.190. The lowest BCUT2D eigenvalue weighted by atomic mass is 9.88. The molecule has 0 bridgehead atoms. The van der Waals surface area contributed by atoms with Gasteiger partial charge in [-0.05, 0) is 81.3 Å². The van der Waals surface area contributed by atoms with E-state index < -0.39 is 15.1 Å². The van der Waals surface area contributed by atoms with Crippen molar-refractivity contribution in [3.8, 4) is 5.75 Å². The monoisotopic (exact) mass is 658 g/mol. The fourth-order valence-electron chi connectivity index (χ4n) is 6.28. The van der Waals surface area contributed by atoms with Gasteiger partial charge in [0.25, 0.3) is 5.91 Å². The normalized spacial score (nSPS) is 22.2. The quantitative estimate of drug-likeness (QED) is 0.143. The molecule has 0 aromatic heterocycles. The average Bonchev–Trinajstić information content (AvgIpc) is 3.11. The fourth-order valence-corrected chi connectivity index (χ4v) is 6.93. The Morgan fingerprint density at radius 1 is 0.933 bits per heavy atom. The number of hydrogen-bond donors (Lipinski definition) is 1. The van der Waals surface area contributed by atoms with Crippen LogP contribution in [0.15, 0.2) is 46.3 Å². The summed E-state index contributed by atoms with van der Waals surface area (Å²) in [7, 11) is -8.20. The molecule has 2 aliphatic rings. The van der Waals surface area contributed by atoms with Gasteiger partial charge in [0.1, 0.15) is 10.6 Å². The number of hydrogen-bond acceptors (Lipinski definition) is 5. The molecule has 3 unspecified atom stereocenters. The molecule has 2 aromatic rings. The first-order valence-electron chi connectivity index (χ1n) is 15.7. The van der Waals surface area contributed by atoms with Crippen LogP contribution < -0.4 is 20.6 Å². The van der Waals surface area contributed by atoms with Gasteiger partial charge >= 0.3 is 10.2 Å². The van der Waals surface area contributed by atoms with Crippen molar-refractivity contribution < 1.29 is 38.5 Å². The van der Waals surface area contributed by atoms with Gasteiger partial charge in [-0.1, -0.05) is 57.6 Å². The van der Waals surface area contributed by atoms with E-state index in [2.05, 4.69) is 11.4 Å². The zero-order chi connectivity index (χ0) is 32.7. The molecular formula is C33H43F5N2O4S. The van der Waals surface area contributed by atoms with Gasteiger partial charge in [0.05, 0.1) is 30.2 Å². The van der Waals surface area contributed by atoms with Gasteiger partial charge in [0.15, 0.2) is 5.78 Å². The number of nitrogens with one attached hydrogen (secondary N) is 1. The number of halogens is 5. The van der Waals surface area contributed by atoms with Crippen molar-refractivity contribution in [2.24, 2.45) is 16.8 Å².